The Morgan fingerprint density at radius 2 is 2.13 bits per heavy atom. The van der Waals surface area contributed by atoms with Gasteiger partial charge in [-0.25, -0.2) is 4.21 Å². The summed E-state index contributed by atoms with van der Waals surface area (Å²) in [5, 5.41) is 2.72. The van der Waals surface area contributed by atoms with E-state index >= 15 is 0 Å². The number of benzene rings is 1. The molecule has 1 aliphatic rings. The van der Waals surface area contributed by atoms with Gasteiger partial charge in [0.2, 0.25) is 5.91 Å². The van der Waals surface area contributed by atoms with Crippen molar-refractivity contribution in [3.63, 3.8) is 0 Å². The van der Waals surface area contributed by atoms with Crippen LogP contribution in [0.1, 0.15) is 12.0 Å². The molecule has 0 saturated heterocycles. The Morgan fingerprint density at radius 1 is 1.40 bits per heavy atom. The number of amides is 1. The van der Waals surface area contributed by atoms with E-state index in [1.54, 1.807) is 12.1 Å². The average Bonchev–Trinajstić information content (AvgIpc) is 2.15. The highest BCUT2D eigenvalue weighted by Crippen LogP contribution is 2.30. The average molecular weight is 290 g/mol. The van der Waals surface area contributed by atoms with E-state index in [0.29, 0.717) is 27.9 Å². The Bertz CT molecular complexity index is 461. The Labute approximate surface area is 97.5 Å². The summed E-state index contributed by atoms with van der Waals surface area (Å²) >= 11 is 1.18. The highest BCUT2D eigenvalue weighted by Gasteiger charge is 2.18. The van der Waals surface area contributed by atoms with Crippen molar-refractivity contribution in [2.24, 2.45) is 0 Å². The molecular formula is C9H8BrNO3S. The Hall–Kier alpha value is -0.720. The quantitative estimate of drug-likeness (QED) is 0.776. The number of carbonyl (C=O) groups excluding carboxylic acids is 1. The first kappa shape index (κ1) is 10.8. The summed E-state index contributed by atoms with van der Waals surface area (Å²) in [7, 11) is 0. The summed E-state index contributed by atoms with van der Waals surface area (Å²) in [5.74, 6) is -0.0210. The molecule has 6 heteroatoms. The smallest absolute Gasteiger partial charge is 0.224 e. The van der Waals surface area contributed by atoms with E-state index < -0.39 is 11.1 Å². The summed E-state index contributed by atoms with van der Waals surface area (Å²) < 4.78 is 20.5. The Balaban J connectivity index is 2.50. The second kappa shape index (κ2) is 4.03. The van der Waals surface area contributed by atoms with Gasteiger partial charge < -0.3 is 9.87 Å². The van der Waals surface area contributed by atoms with Crippen molar-refractivity contribution in [1.29, 1.82) is 0 Å². The highest BCUT2D eigenvalue weighted by atomic mass is 79.9. The maximum Gasteiger partial charge on any atom is 0.224 e. The maximum absolute atomic E-state index is 11.1. The SMILES string of the molecule is O=C1CCc2cc(S(=O)O)c(Br)cc2N1. The van der Waals surface area contributed by atoms with Gasteiger partial charge in [-0.3, -0.25) is 4.79 Å². The molecule has 0 fully saturated rings. The van der Waals surface area contributed by atoms with Gasteiger partial charge in [-0.15, -0.1) is 0 Å². The monoisotopic (exact) mass is 289 g/mol. The second-order valence-corrected chi connectivity index (χ2v) is 5.03. The molecule has 2 N–H and O–H groups in total. The number of aryl methyl sites for hydroxylation is 1. The van der Waals surface area contributed by atoms with Crippen LogP contribution < -0.4 is 5.32 Å². The van der Waals surface area contributed by atoms with Crippen LogP contribution >= 0.6 is 15.9 Å². The number of rotatable bonds is 1. The van der Waals surface area contributed by atoms with E-state index in [9.17, 15) is 9.00 Å². The predicted octanol–water partition coefficient (Wildman–Crippen LogP) is 1.91. The van der Waals surface area contributed by atoms with E-state index in [4.69, 9.17) is 4.55 Å². The number of halogens is 1. The lowest BCUT2D eigenvalue weighted by Gasteiger charge is -2.17. The fraction of sp³-hybridized carbons (Fsp3) is 0.222. The summed E-state index contributed by atoms with van der Waals surface area (Å²) in [6.07, 6.45) is 1.03. The number of carbonyl (C=O) groups is 1. The summed E-state index contributed by atoms with van der Waals surface area (Å²) in [6, 6.07) is 3.31. The van der Waals surface area contributed by atoms with Gasteiger partial charge in [0.05, 0.1) is 4.90 Å². The van der Waals surface area contributed by atoms with Crippen LogP contribution in [0.15, 0.2) is 21.5 Å². The van der Waals surface area contributed by atoms with E-state index in [1.165, 1.54) is 0 Å². The highest BCUT2D eigenvalue weighted by molar-refractivity contribution is 9.10. The molecule has 0 radical (unpaired) electrons. The molecule has 1 aromatic rings. The molecule has 0 aliphatic carbocycles. The van der Waals surface area contributed by atoms with Crippen molar-refractivity contribution in [2.75, 3.05) is 5.32 Å². The van der Waals surface area contributed by atoms with Crippen molar-refractivity contribution in [2.45, 2.75) is 17.7 Å². The number of anilines is 1. The van der Waals surface area contributed by atoms with Crippen LogP contribution in [0.3, 0.4) is 0 Å². The van der Waals surface area contributed by atoms with Crippen LogP contribution in [-0.4, -0.2) is 14.7 Å². The first-order valence-corrected chi connectivity index (χ1v) is 6.21. The second-order valence-electron chi connectivity index (χ2n) is 3.24. The van der Waals surface area contributed by atoms with E-state index in [-0.39, 0.29) is 5.91 Å². The molecule has 2 rings (SSSR count). The first-order chi connectivity index (χ1) is 7.08. The molecule has 1 aliphatic heterocycles. The predicted molar refractivity (Wildman–Crippen MR) is 60.1 cm³/mol. The lowest BCUT2D eigenvalue weighted by atomic mass is 10.0. The van der Waals surface area contributed by atoms with Gasteiger partial charge in [0.25, 0.3) is 0 Å². The van der Waals surface area contributed by atoms with Gasteiger partial charge in [-0.05, 0) is 40.0 Å². The molecule has 1 amide bonds. The summed E-state index contributed by atoms with van der Waals surface area (Å²) in [4.78, 5) is 11.5. The first-order valence-electron chi connectivity index (χ1n) is 4.31. The number of fused-ring (bicyclic) bond motifs is 1. The molecule has 4 nitrogen and oxygen atoms in total. The van der Waals surface area contributed by atoms with Crippen LogP contribution in [-0.2, 0) is 22.3 Å². The standard InChI is InChI=1S/C9H8BrNO3S/c10-6-4-7-5(1-2-9(12)11-7)3-8(6)15(13)14/h3-4H,1-2H2,(H,11,12)(H,13,14). The van der Waals surface area contributed by atoms with Gasteiger partial charge in [0, 0.05) is 16.6 Å². The minimum absolute atomic E-state index is 0.0210. The molecule has 1 heterocycles. The topological polar surface area (TPSA) is 66.4 Å². The Kier molecular flexibility index (Phi) is 2.90. The molecule has 0 aromatic heterocycles. The van der Waals surface area contributed by atoms with Crippen LogP contribution in [0, 0.1) is 0 Å². The minimum Gasteiger partial charge on any atom is -0.326 e. The van der Waals surface area contributed by atoms with Gasteiger partial charge >= 0.3 is 0 Å². The minimum atomic E-state index is -2.01. The third-order valence-electron chi connectivity index (χ3n) is 2.24. The lowest BCUT2D eigenvalue weighted by molar-refractivity contribution is -0.116. The van der Waals surface area contributed by atoms with E-state index in [2.05, 4.69) is 21.2 Å². The third kappa shape index (κ3) is 2.11. The van der Waals surface area contributed by atoms with E-state index in [0.717, 1.165) is 5.56 Å². The van der Waals surface area contributed by atoms with Gasteiger partial charge in [-0.2, -0.15) is 0 Å². The zero-order valence-electron chi connectivity index (χ0n) is 7.62. The Morgan fingerprint density at radius 3 is 2.80 bits per heavy atom. The van der Waals surface area contributed by atoms with Crippen LogP contribution in [0.5, 0.6) is 0 Å². The molecule has 0 saturated carbocycles. The molecular weight excluding hydrogens is 282 g/mol. The summed E-state index contributed by atoms with van der Waals surface area (Å²) in [5.41, 5.74) is 1.61. The third-order valence-corrected chi connectivity index (χ3v) is 3.87. The molecule has 15 heavy (non-hydrogen) atoms. The van der Waals surface area contributed by atoms with Gasteiger partial charge in [0.1, 0.15) is 0 Å². The largest absolute Gasteiger partial charge is 0.326 e. The molecule has 1 atom stereocenters. The van der Waals surface area contributed by atoms with Crippen LogP contribution in [0.4, 0.5) is 5.69 Å². The maximum atomic E-state index is 11.1. The normalized spacial score (nSPS) is 16.8. The molecule has 80 valence electrons. The molecule has 1 aromatic carbocycles. The van der Waals surface area contributed by atoms with Gasteiger partial charge in [0.15, 0.2) is 11.1 Å². The molecule has 1 unspecified atom stereocenters. The summed E-state index contributed by atoms with van der Waals surface area (Å²) in [6.45, 7) is 0. The zero-order valence-corrected chi connectivity index (χ0v) is 10.0. The van der Waals surface area contributed by atoms with Crippen molar-refractivity contribution in [3.8, 4) is 0 Å². The van der Waals surface area contributed by atoms with Crippen molar-refractivity contribution >= 4 is 38.6 Å². The fourth-order valence-electron chi connectivity index (χ4n) is 1.51. The van der Waals surface area contributed by atoms with Crippen molar-refractivity contribution in [3.05, 3.63) is 22.2 Å². The van der Waals surface area contributed by atoms with Crippen molar-refractivity contribution in [1.82, 2.24) is 0 Å². The number of hydrogen-bond donors (Lipinski definition) is 2. The van der Waals surface area contributed by atoms with Crippen LogP contribution in [0.2, 0.25) is 0 Å². The number of hydrogen-bond acceptors (Lipinski definition) is 2. The lowest BCUT2D eigenvalue weighted by Crippen LogP contribution is -2.19. The van der Waals surface area contributed by atoms with E-state index in [1.807, 2.05) is 0 Å². The number of nitrogens with one attached hydrogen (secondary N) is 1. The van der Waals surface area contributed by atoms with Crippen LogP contribution in [0.25, 0.3) is 0 Å². The zero-order chi connectivity index (χ0) is 11.0. The van der Waals surface area contributed by atoms with Gasteiger partial charge in [-0.1, -0.05) is 0 Å². The molecule has 0 spiro atoms. The fourth-order valence-corrected chi connectivity index (χ4v) is 2.74. The van der Waals surface area contributed by atoms with Crippen molar-refractivity contribution < 1.29 is 13.6 Å². The molecule has 0 bridgehead atoms.